The van der Waals surface area contributed by atoms with Crippen molar-refractivity contribution in [1.29, 1.82) is 0 Å². The summed E-state index contributed by atoms with van der Waals surface area (Å²) >= 11 is 0. The minimum Gasteiger partial charge on any atom is -0.434 e. The lowest BCUT2D eigenvalue weighted by Gasteiger charge is -2.14. The third kappa shape index (κ3) is 14.0. The maximum Gasteiger partial charge on any atom is 0.508 e. The van der Waals surface area contributed by atoms with Gasteiger partial charge in [-0.05, 0) is 18.8 Å². The van der Waals surface area contributed by atoms with Crippen molar-refractivity contribution in [3.8, 4) is 0 Å². The summed E-state index contributed by atoms with van der Waals surface area (Å²) < 4.78 is 10.3. The van der Waals surface area contributed by atoms with Gasteiger partial charge in [0, 0.05) is 0 Å². The molecule has 0 aromatic heterocycles. The van der Waals surface area contributed by atoms with Crippen LogP contribution in [-0.2, 0) is 9.47 Å². The second kappa shape index (κ2) is 15.7. The fraction of sp³-hybridized carbons (Fsp3) is 0.944. The van der Waals surface area contributed by atoms with Gasteiger partial charge in [0.1, 0.15) is 0 Å². The molecule has 0 rings (SSSR count). The first kappa shape index (κ1) is 20.3. The molecule has 3 nitrogen and oxygen atoms in total. The Balaban J connectivity index is 3.40. The third-order valence-electron chi connectivity index (χ3n) is 3.95. The van der Waals surface area contributed by atoms with E-state index in [2.05, 4.69) is 20.8 Å². The van der Waals surface area contributed by atoms with Crippen molar-refractivity contribution in [2.45, 2.75) is 91.4 Å². The van der Waals surface area contributed by atoms with Gasteiger partial charge in [-0.1, -0.05) is 78.6 Å². The Hall–Kier alpha value is -0.730. The molecule has 0 saturated carbocycles. The number of unbranched alkanes of at least 4 members (excludes halogenated alkanes) is 7. The summed E-state index contributed by atoms with van der Waals surface area (Å²) in [5.41, 5.74) is 0. The Labute approximate surface area is 131 Å². The van der Waals surface area contributed by atoms with Crippen LogP contribution < -0.4 is 0 Å². The van der Waals surface area contributed by atoms with Gasteiger partial charge in [0.05, 0.1) is 13.2 Å². The van der Waals surface area contributed by atoms with E-state index < -0.39 is 6.16 Å². The van der Waals surface area contributed by atoms with Crippen molar-refractivity contribution in [2.24, 2.45) is 5.92 Å². The van der Waals surface area contributed by atoms with Crippen molar-refractivity contribution in [1.82, 2.24) is 0 Å². The number of carbonyl (C=O) groups is 1. The zero-order valence-electron chi connectivity index (χ0n) is 14.5. The molecule has 126 valence electrons. The van der Waals surface area contributed by atoms with Gasteiger partial charge in [-0.2, -0.15) is 0 Å². The van der Waals surface area contributed by atoms with Crippen LogP contribution in [-0.4, -0.2) is 19.4 Å². The van der Waals surface area contributed by atoms with Crippen LogP contribution in [0.15, 0.2) is 0 Å². The van der Waals surface area contributed by atoms with Gasteiger partial charge in [0.25, 0.3) is 0 Å². The van der Waals surface area contributed by atoms with Gasteiger partial charge < -0.3 is 9.47 Å². The van der Waals surface area contributed by atoms with Crippen LogP contribution in [0.25, 0.3) is 0 Å². The summed E-state index contributed by atoms with van der Waals surface area (Å²) in [5.74, 6) is 0.482. The summed E-state index contributed by atoms with van der Waals surface area (Å²) in [7, 11) is 0. The predicted molar refractivity (Wildman–Crippen MR) is 88.6 cm³/mol. The molecule has 0 N–H and O–H groups in total. The fourth-order valence-electron chi connectivity index (χ4n) is 2.34. The summed E-state index contributed by atoms with van der Waals surface area (Å²) in [6.45, 7) is 7.56. The summed E-state index contributed by atoms with van der Waals surface area (Å²) in [4.78, 5) is 11.5. The number of ether oxygens (including phenoxy) is 2. The molecular weight excluding hydrogens is 264 g/mol. The van der Waals surface area contributed by atoms with Crippen molar-refractivity contribution in [3.63, 3.8) is 0 Å². The van der Waals surface area contributed by atoms with E-state index in [9.17, 15) is 4.79 Å². The molecule has 0 amide bonds. The molecule has 0 fully saturated rings. The highest BCUT2D eigenvalue weighted by Gasteiger charge is 2.10. The summed E-state index contributed by atoms with van der Waals surface area (Å²) in [6, 6.07) is 0. The van der Waals surface area contributed by atoms with Crippen molar-refractivity contribution in [3.05, 3.63) is 0 Å². The molecule has 1 atom stereocenters. The second-order valence-electron chi connectivity index (χ2n) is 5.95. The first-order valence-corrected chi connectivity index (χ1v) is 9.04. The highest BCUT2D eigenvalue weighted by molar-refractivity contribution is 5.59. The molecule has 0 aromatic rings. The van der Waals surface area contributed by atoms with E-state index in [1.54, 1.807) is 0 Å². The van der Waals surface area contributed by atoms with E-state index in [-0.39, 0.29) is 0 Å². The van der Waals surface area contributed by atoms with Crippen LogP contribution >= 0.6 is 0 Å². The van der Waals surface area contributed by atoms with E-state index in [0.29, 0.717) is 19.1 Å². The van der Waals surface area contributed by atoms with Gasteiger partial charge in [0.15, 0.2) is 0 Å². The lowest BCUT2D eigenvalue weighted by Crippen LogP contribution is -2.15. The molecule has 21 heavy (non-hydrogen) atoms. The molecule has 1 unspecified atom stereocenters. The van der Waals surface area contributed by atoms with Gasteiger partial charge in [-0.25, -0.2) is 4.79 Å². The molecular formula is C18H36O3. The van der Waals surface area contributed by atoms with Crippen molar-refractivity contribution in [2.75, 3.05) is 13.2 Å². The Morgan fingerprint density at radius 3 is 2.05 bits per heavy atom. The van der Waals surface area contributed by atoms with Crippen molar-refractivity contribution < 1.29 is 14.3 Å². The lowest BCUT2D eigenvalue weighted by molar-refractivity contribution is 0.0415. The average molecular weight is 300 g/mol. The number of hydrogen-bond donors (Lipinski definition) is 0. The standard InChI is InChI=1S/C18H36O3/c1-4-7-9-10-11-12-13-15-20-18(19)21-16-17(6-3)14-8-5-2/h17H,4-16H2,1-3H3. The van der Waals surface area contributed by atoms with E-state index in [1.165, 1.54) is 44.9 Å². The molecule has 0 saturated heterocycles. The number of hydrogen-bond acceptors (Lipinski definition) is 3. The second-order valence-corrected chi connectivity index (χ2v) is 5.95. The molecule has 0 aliphatic rings. The Morgan fingerprint density at radius 2 is 1.43 bits per heavy atom. The quantitative estimate of drug-likeness (QED) is 0.287. The monoisotopic (exact) mass is 300 g/mol. The molecule has 0 aromatic carbocycles. The van der Waals surface area contributed by atoms with Crippen LogP contribution in [0.1, 0.15) is 91.4 Å². The summed E-state index contributed by atoms with van der Waals surface area (Å²) in [5, 5.41) is 0. The highest BCUT2D eigenvalue weighted by Crippen LogP contribution is 2.13. The van der Waals surface area contributed by atoms with Gasteiger partial charge >= 0.3 is 6.16 Å². The molecule has 0 aliphatic heterocycles. The number of rotatable bonds is 14. The molecule has 0 bridgehead atoms. The normalized spacial score (nSPS) is 12.1. The lowest BCUT2D eigenvalue weighted by atomic mass is 10.0. The van der Waals surface area contributed by atoms with E-state index in [0.717, 1.165) is 25.7 Å². The number of carbonyl (C=O) groups excluding carboxylic acids is 1. The predicted octanol–water partition coefficient (Wildman–Crippen LogP) is 6.11. The largest absolute Gasteiger partial charge is 0.508 e. The summed E-state index contributed by atoms with van der Waals surface area (Å²) in [6.07, 6.45) is 12.7. The molecule has 0 aliphatic carbocycles. The Morgan fingerprint density at radius 1 is 0.810 bits per heavy atom. The van der Waals surface area contributed by atoms with Gasteiger partial charge in [-0.3, -0.25) is 0 Å². The maximum atomic E-state index is 11.5. The van der Waals surface area contributed by atoms with Crippen molar-refractivity contribution >= 4 is 6.16 Å². The van der Waals surface area contributed by atoms with Crippen LogP contribution in [0.2, 0.25) is 0 Å². The molecule has 0 heterocycles. The zero-order valence-corrected chi connectivity index (χ0v) is 14.5. The average Bonchev–Trinajstić information content (AvgIpc) is 2.50. The van der Waals surface area contributed by atoms with E-state index in [1.807, 2.05) is 0 Å². The van der Waals surface area contributed by atoms with Crippen LogP contribution in [0.3, 0.4) is 0 Å². The van der Waals surface area contributed by atoms with Crippen LogP contribution in [0.4, 0.5) is 4.79 Å². The first-order chi connectivity index (χ1) is 10.2. The molecule has 0 spiro atoms. The Kier molecular flexibility index (Phi) is 15.1. The minimum atomic E-state index is -0.490. The Bertz CT molecular complexity index is 229. The van der Waals surface area contributed by atoms with Gasteiger partial charge in [-0.15, -0.1) is 0 Å². The SMILES string of the molecule is CCCCCCCCCOC(=O)OCC(CC)CCCC. The zero-order chi connectivity index (χ0) is 15.8. The smallest absolute Gasteiger partial charge is 0.434 e. The van der Waals surface area contributed by atoms with Crippen LogP contribution in [0.5, 0.6) is 0 Å². The van der Waals surface area contributed by atoms with E-state index >= 15 is 0 Å². The highest BCUT2D eigenvalue weighted by atomic mass is 16.7. The minimum absolute atomic E-state index is 0.482. The maximum absolute atomic E-state index is 11.5. The van der Waals surface area contributed by atoms with E-state index in [4.69, 9.17) is 9.47 Å². The van der Waals surface area contributed by atoms with Gasteiger partial charge in [0.2, 0.25) is 0 Å². The first-order valence-electron chi connectivity index (χ1n) is 9.04. The third-order valence-corrected chi connectivity index (χ3v) is 3.95. The fourth-order valence-corrected chi connectivity index (χ4v) is 2.34. The van der Waals surface area contributed by atoms with Crippen LogP contribution in [0, 0.1) is 5.92 Å². The molecule has 3 heteroatoms. The molecule has 0 radical (unpaired) electrons. The topological polar surface area (TPSA) is 35.5 Å².